The lowest BCUT2D eigenvalue weighted by atomic mass is 9.83. The predicted molar refractivity (Wildman–Crippen MR) is 79.9 cm³/mol. The summed E-state index contributed by atoms with van der Waals surface area (Å²) in [6.45, 7) is 9.17. The molecule has 1 aromatic rings. The number of hydrogen-bond acceptors (Lipinski definition) is 2. The van der Waals surface area contributed by atoms with Crippen molar-refractivity contribution in [3.8, 4) is 0 Å². The quantitative estimate of drug-likeness (QED) is 0.827. The molecular weight excluding hydrogens is 236 g/mol. The van der Waals surface area contributed by atoms with Crippen LogP contribution in [0.15, 0.2) is 30.3 Å². The van der Waals surface area contributed by atoms with E-state index in [0.717, 1.165) is 6.42 Å². The van der Waals surface area contributed by atoms with Gasteiger partial charge >= 0.3 is 0 Å². The first-order valence-electron chi connectivity index (χ1n) is 6.89. The molecular formula is C16H26N2O. The normalized spacial score (nSPS) is 14.8. The van der Waals surface area contributed by atoms with Gasteiger partial charge in [0.2, 0.25) is 5.91 Å². The van der Waals surface area contributed by atoms with Crippen LogP contribution in [0.25, 0.3) is 0 Å². The van der Waals surface area contributed by atoms with Crippen molar-refractivity contribution >= 4 is 5.91 Å². The summed E-state index contributed by atoms with van der Waals surface area (Å²) in [7, 11) is 0. The van der Waals surface area contributed by atoms with E-state index in [1.165, 1.54) is 5.56 Å². The standard InChI is InChI=1S/C16H26N2O/c1-5-16(4,11-17)14(19)18-12-15(2,3)13-9-7-6-8-10-13/h6-10H,5,11-12,17H2,1-4H3,(H,18,19). The van der Waals surface area contributed by atoms with Crippen LogP contribution in [0.2, 0.25) is 0 Å². The molecule has 0 radical (unpaired) electrons. The number of amides is 1. The van der Waals surface area contributed by atoms with E-state index in [2.05, 4.69) is 31.3 Å². The van der Waals surface area contributed by atoms with Crippen molar-refractivity contribution < 1.29 is 4.79 Å². The van der Waals surface area contributed by atoms with E-state index in [1.54, 1.807) is 0 Å². The third-order valence-corrected chi connectivity index (χ3v) is 4.03. The smallest absolute Gasteiger partial charge is 0.227 e. The Morgan fingerprint density at radius 2 is 1.79 bits per heavy atom. The van der Waals surface area contributed by atoms with Gasteiger partial charge in [-0.25, -0.2) is 0 Å². The highest BCUT2D eigenvalue weighted by molar-refractivity contribution is 5.82. The van der Waals surface area contributed by atoms with Crippen LogP contribution in [0.4, 0.5) is 0 Å². The Morgan fingerprint density at radius 3 is 2.26 bits per heavy atom. The second-order valence-corrected chi connectivity index (χ2v) is 6.05. The molecule has 1 rings (SSSR count). The van der Waals surface area contributed by atoms with Gasteiger partial charge in [0.1, 0.15) is 0 Å². The highest BCUT2D eigenvalue weighted by Crippen LogP contribution is 2.23. The molecule has 0 bridgehead atoms. The number of benzene rings is 1. The first-order valence-corrected chi connectivity index (χ1v) is 6.89. The third-order valence-electron chi connectivity index (χ3n) is 4.03. The molecule has 0 fully saturated rings. The summed E-state index contributed by atoms with van der Waals surface area (Å²) in [6.07, 6.45) is 0.751. The average molecular weight is 262 g/mol. The van der Waals surface area contributed by atoms with Crippen LogP contribution < -0.4 is 11.1 Å². The Balaban J connectivity index is 2.69. The van der Waals surface area contributed by atoms with E-state index in [1.807, 2.05) is 32.0 Å². The number of hydrogen-bond donors (Lipinski definition) is 2. The number of nitrogens with one attached hydrogen (secondary N) is 1. The summed E-state index contributed by atoms with van der Waals surface area (Å²) < 4.78 is 0. The molecule has 0 aliphatic heterocycles. The number of carbonyl (C=O) groups excluding carboxylic acids is 1. The molecule has 0 aliphatic rings. The fraction of sp³-hybridized carbons (Fsp3) is 0.562. The Bertz CT molecular complexity index is 408. The molecule has 0 saturated heterocycles. The fourth-order valence-electron chi connectivity index (χ4n) is 1.90. The van der Waals surface area contributed by atoms with Crippen molar-refractivity contribution in [2.75, 3.05) is 13.1 Å². The van der Waals surface area contributed by atoms with Crippen LogP contribution in [-0.4, -0.2) is 19.0 Å². The van der Waals surface area contributed by atoms with Crippen LogP contribution in [-0.2, 0) is 10.2 Å². The van der Waals surface area contributed by atoms with Gasteiger partial charge in [-0.05, 0) is 18.9 Å². The van der Waals surface area contributed by atoms with E-state index in [0.29, 0.717) is 13.1 Å². The largest absolute Gasteiger partial charge is 0.355 e. The second kappa shape index (κ2) is 6.20. The SMILES string of the molecule is CCC(C)(CN)C(=O)NCC(C)(C)c1ccccc1. The highest BCUT2D eigenvalue weighted by Gasteiger charge is 2.31. The molecule has 0 aliphatic carbocycles. The molecule has 1 unspecified atom stereocenters. The average Bonchev–Trinajstić information content (AvgIpc) is 2.44. The van der Waals surface area contributed by atoms with Crippen molar-refractivity contribution in [3.63, 3.8) is 0 Å². The maximum Gasteiger partial charge on any atom is 0.227 e. The molecule has 1 aromatic carbocycles. The maximum atomic E-state index is 12.2. The van der Waals surface area contributed by atoms with E-state index in [9.17, 15) is 4.79 Å². The minimum Gasteiger partial charge on any atom is -0.355 e. The van der Waals surface area contributed by atoms with Crippen molar-refractivity contribution in [3.05, 3.63) is 35.9 Å². The summed E-state index contributed by atoms with van der Waals surface area (Å²) in [5, 5.41) is 3.04. The molecule has 1 amide bonds. The Labute approximate surface area is 116 Å². The number of rotatable bonds is 6. The number of nitrogens with two attached hydrogens (primary N) is 1. The van der Waals surface area contributed by atoms with Crippen molar-refractivity contribution in [2.24, 2.45) is 11.1 Å². The lowest BCUT2D eigenvalue weighted by Gasteiger charge is -2.30. The van der Waals surface area contributed by atoms with Gasteiger partial charge in [-0.2, -0.15) is 0 Å². The monoisotopic (exact) mass is 262 g/mol. The van der Waals surface area contributed by atoms with Gasteiger partial charge in [0.25, 0.3) is 0 Å². The van der Waals surface area contributed by atoms with Gasteiger partial charge in [0.15, 0.2) is 0 Å². The lowest BCUT2D eigenvalue weighted by molar-refractivity contribution is -0.130. The summed E-state index contributed by atoms with van der Waals surface area (Å²) in [4.78, 5) is 12.2. The van der Waals surface area contributed by atoms with E-state index >= 15 is 0 Å². The Kier molecular flexibility index (Phi) is 5.12. The summed E-state index contributed by atoms with van der Waals surface area (Å²) in [5.74, 6) is 0.0431. The summed E-state index contributed by atoms with van der Waals surface area (Å²) in [5.41, 5.74) is 6.38. The molecule has 0 spiro atoms. The highest BCUT2D eigenvalue weighted by atomic mass is 16.2. The van der Waals surface area contributed by atoms with Crippen LogP contribution in [0.5, 0.6) is 0 Å². The van der Waals surface area contributed by atoms with Crippen molar-refractivity contribution in [1.29, 1.82) is 0 Å². The van der Waals surface area contributed by atoms with Gasteiger partial charge in [-0.15, -0.1) is 0 Å². The maximum absolute atomic E-state index is 12.2. The summed E-state index contributed by atoms with van der Waals surface area (Å²) in [6, 6.07) is 10.2. The topological polar surface area (TPSA) is 55.1 Å². The minimum atomic E-state index is -0.466. The molecule has 106 valence electrons. The van der Waals surface area contributed by atoms with Crippen LogP contribution in [0, 0.1) is 5.41 Å². The molecule has 3 N–H and O–H groups in total. The molecule has 1 atom stereocenters. The minimum absolute atomic E-state index is 0.0431. The zero-order chi connectivity index (χ0) is 14.5. The van der Waals surface area contributed by atoms with Crippen LogP contribution >= 0.6 is 0 Å². The van der Waals surface area contributed by atoms with Gasteiger partial charge in [0.05, 0.1) is 5.41 Å². The van der Waals surface area contributed by atoms with Gasteiger partial charge in [0, 0.05) is 18.5 Å². The molecule has 3 nitrogen and oxygen atoms in total. The van der Waals surface area contributed by atoms with E-state index < -0.39 is 5.41 Å². The third kappa shape index (κ3) is 3.80. The molecule has 0 heterocycles. The zero-order valence-electron chi connectivity index (χ0n) is 12.5. The van der Waals surface area contributed by atoms with Gasteiger partial charge < -0.3 is 11.1 Å². The first kappa shape index (κ1) is 15.7. The van der Waals surface area contributed by atoms with Crippen molar-refractivity contribution in [2.45, 2.75) is 39.5 Å². The van der Waals surface area contributed by atoms with Gasteiger partial charge in [-0.3, -0.25) is 4.79 Å². The molecule has 3 heteroatoms. The van der Waals surface area contributed by atoms with E-state index in [4.69, 9.17) is 5.73 Å². The van der Waals surface area contributed by atoms with Crippen LogP contribution in [0.1, 0.15) is 39.7 Å². The lowest BCUT2D eigenvalue weighted by Crippen LogP contribution is -2.47. The van der Waals surface area contributed by atoms with Crippen molar-refractivity contribution in [1.82, 2.24) is 5.32 Å². The Morgan fingerprint density at radius 1 is 1.21 bits per heavy atom. The molecule has 0 saturated carbocycles. The fourth-order valence-corrected chi connectivity index (χ4v) is 1.90. The zero-order valence-corrected chi connectivity index (χ0v) is 12.5. The van der Waals surface area contributed by atoms with Crippen LogP contribution in [0.3, 0.4) is 0 Å². The first-order chi connectivity index (χ1) is 8.85. The van der Waals surface area contributed by atoms with E-state index in [-0.39, 0.29) is 11.3 Å². The second-order valence-electron chi connectivity index (χ2n) is 6.05. The Hall–Kier alpha value is -1.35. The molecule has 0 aromatic heterocycles. The van der Waals surface area contributed by atoms with Gasteiger partial charge in [-0.1, -0.05) is 51.1 Å². The number of carbonyl (C=O) groups is 1. The predicted octanol–water partition coefficient (Wildman–Crippen LogP) is 2.46. The summed E-state index contributed by atoms with van der Waals surface area (Å²) >= 11 is 0. The molecule has 19 heavy (non-hydrogen) atoms.